The number of nitrogens with two attached hydrogens (primary N) is 1. The summed E-state index contributed by atoms with van der Waals surface area (Å²) in [6.45, 7) is 8.46. The third-order valence-electron chi connectivity index (χ3n) is 2.76. The van der Waals surface area contributed by atoms with Crippen molar-refractivity contribution in [1.29, 1.82) is 0 Å². The van der Waals surface area contributed by atoms with E-state index >= 15 is 0 Å². The van der Waals surface area contributed by atoms with E-state index in [0.717, 1.165) is 6.42 Å². The second-order valence-electron chi connectivity index (χ2n) is 4.67. The number of halogens is 1. The lowest BCUT2D eigenvalue weighted by Crippen LogP contribution is -2.30. The van der Waals surface area contributed by atoms with Gasteiger partial charge in [-0.05, 0) is 27.2 Å². The molecule has 0 amide bonds. The molecule has 0 atom stereocenters. The van der Waals surface area contributed by atoms with Gasteiger partial charge < -0.3 is 15.8 Å². The lowest BCUT2D eigenvalue weighted by molar-refractivity contribution is 0.322. The third-order valence-corrected chi connectivity index (χ3v) is 2.76. The summed E-state index contributed by atoms with van der Waals surface area (Å²) in [5.41, 5.74) is 6.81. The first-order valence-corrected chi connectivity index (χ1v) is 5.89. The Hall–Kier alpha value is -1.45. The van der Waals surface area contributed by atoms with Crippen LogP contribution < -0.4 is 15.8 Å². The van der Waals surface area contributed by atoms with E-state index in [1.807, 2.05) is 6.92 Å². The standard InChI is InChI=1S/C13H21FN2O/c1-5-13(3,4)16-11-8-12(17-6-2)9(14)7-10(11)15/h7-8,16H,5-6,15H2,1-4H3. The van der Waals surface area contributed by atoms with E-state index < -0.39 is 5.82 Å². The van der Waals surface area contributed by atoms with E-state index in [1.165, 1.54) is 6.07 Å². The van der Waals surface area contributed by atoms with E-state index in [9.17, 15) is 4.39 Å². The Morgan fingerprint density at radius 3 is 2.53 bits per heavy atom. The molecule has 96 valence electrons. The van der Waals surface area contributed by atoms with Crippen molar-refractivity contribution in [3.63, 3.8) is 0 Å². The Labute approximate surface area is 102 Å². The average molecular weight is 240 g/mol. The average Bonchev–Trinajstić information content (AvgIpc) is 2.25. The van der Waals surface area contributed by atoms with Gasteiger partial charge in [0.25, 0.3) is 0 Å². The minimum absolute atomic E-state index is 0.0879. The highest BCUT2D eigenvalue weighted by molar-refractivity contribution is 5.69. The molecule has 4 heteroatoms. The van der Waals surface area contributed by atoms with E-state index in [2.05, 4.69) is 26.1 Å². The van der Waals surface area contributed by atoms with Crippen molar-refractivity contribution >= 4 is 11.4 Å². The molecule has 1 aromatic carbocycles. The van der Waals surface area contributed by atoms with Crippen molar-refractivity contribution in [3.05, 3.63) is 17.9 Å². The molecule has 0 saturated heterocycles. The summed E-state index contributed by atoms with van der Waals surface area (Å²) >= 11 is 0. The molecule has 0 aliphatic rings. The van der Waals surface area contributed by atoms with Gasteiger partial charge in [-0.15, -0.1) is 0 Å². The van der Waals surface area contributed by atoms with Crippen LogP contribution in [0, 0.1) is 5.82 Å². The van der Waals surface area contributed by atoms with Crippen LogP contribution in [0.2, 0.25) is 0 Å². The zero-order chi connectivity index (χ0) is 13.1. The molecule has 1 rings (SSSR count). The fourth-order valence-corrected chi connectivity index (χ4v) is 1.40. The Bertz CT molecular complexity index is 391. The molecule has 0 saturated carbocycles. The van der Waals surface area contributed by atoms with Gasteiger partial charge in [-0.2, -0.15) is 0 Å². The maximum atomic E-state index is 13.5. The molecule has 0 aliphatic heterocycles. The van der Waals surface area contributed by atoms with Crippen LogP contribution in [0.3, 0.4) is 0 Å². The van der Waals surface area contributed by atoms with Crippen molar-refractivity contribution in [3.8, 4) is 5.75 Å². The second kappa shape index (κ2) is 5.25. The topological polar surface area (TPSA) is 47.3 Å². The van der Waals surface area contributed by atoms with Gasteiger partial charge in [-0.1, -0.05) is 6.92 Å². The lowest BCUT2D eigenvalue weighted by atomic mass is 10.0. The van der Waals surface area contributed by atoms with Gasteiger partial charge in [0.15, 0.2) is 11.6 Å². The van der Waals surface area contributed by atoms with Crippen molar-refractivity contribution in [1.82, 2.24) is 0 Å². The Balaban J connectivity index is 3.03. The van der Waals surface area contributed by atoms with Crippen molar-refractivity contribution in [2.75, 3.05) is 17.7 Å². The third kappa shape index (κ3) is 3.51. The largest absolute Gasteiger partial charge is 0.491 e. The summed E-state index contributed by atoms with van der Waals surface area (Å²) < 4.78 is 18.7. The van der Waals surface area contributed by atoms with Gasteiger partial charge in [0.2, 0.25) is 0 Å². The molecule has 1 aromatic rings. The quantitative estimate of drug-likeness (QED) is 0.775. The van der Waals surface area contributed by atoms with E-state index in [0.29, 0.717) is 18.0 Å². The smallest absolute Gasteiger partial charge is 0.167 e. The summed E-state index contributed by atoms with van der Waals surface area (Å²) in [5.74, 6) is -0.194. The number of hydrogen-bond donors (Lipinski definition) is 2. The monoisotopic (exact) mass is 240 g/mol. The first kappa shape index (κ1) is 13.6. The number of nitrogens with one attached hydrogen (secondary N) is 1. The fourth-order valence-electron chi connectivity index (χ4n) is 1.40. The van der Waals surface area contributed by atoms with Gasteiger partial charge in [-0.25, -0.2) is 4.39 Å². The first-order chi connectivity index (χ1) is 7.89. The molecule has 17 heavy (non-hydrogen) atoms. The van der Waals surface area contributed by atoms with Crippen LogP contribution in [-0.4, -0.2) is 12.1 Å². The summed E-state index contributed by atoms with van der Waals surface area (Å²) in [6, 6.07) is 2.91. The van der Waals surface area contributed by atoms with E-state index in [-0.39, 0.29) is 11.3 Å². The van der Waals surface area contributed by atoms with Gasteiger partial charge in [0.05, 0.1) is 18.0 Å². The zero-order valence-electron chi connectivity index (χ0n) is 10.9. The normalized spacial score (nSPS) is 11.4. The second-order valence-corrected chi connectivity index (χ2v) is 4.67. The fraction of sp³-hybridized carbons (Fsp3) is 0.538. The molecular formula is C13H21FN2O. The van der Waals surface area contributed by atoms with Crippen molar-refractivity contribution in [2.24, 2.45) is 0 Å². The summed E-state index contributed by atoms with van der Waals surface area (Å²) in [6.07, 6.45) is 0.938. The number of hydrogen-bond acceptors (Lipinski definition) is 3. The highest BCUT2D eigenvalue weighted by Gasteiger charge is 2.17. The highest BCUT2D eigenvalue weighted by Crippen LogP contribution is 2.30. The number of anilines is 2. The molecule has 3 nitrogen and oxygen atoms in total. The van der Waals surface area contributed by atoms with Crippen molar-refractivity contribution in [2.45, 2.75) is 39.7 Å². The van der Waals surface area contributed by atoms with E-state index in [1.54, 1.807) is 6.07 Å². The summed E-state index contributed by atoms with van der Waals surface area (Å²) in [4.78, 5) is 0. The molecule has 3 N–H and O–H groups in total. The summed E-state index contributed by atoms with van der Waals surface area (Å²) in [7, 11) is 0. The maximum Gasteiger partial charge on any atom is 0.167 e. The number of rotatable bonds is 5. The van der Waals surface area contributed by atoms with Crippen LogP contribution >= 0.6 is 0 Å². The minimum Gasteiger partial charge on any atom is -0.491 e. The van der Waals surface area contributed by atoms with Gasteiger partial charge in [-0.3, -0.25) is 0 Å². The SMILES string of the molecule is CCOc1cc(NC(C)(C)CC)c(N)cc1F. The number of benzene rings is 1. The van der Waals surface area contributed by atoms with Crippen LogP contribution in [0.25, 0.3) is 0 Å². The molecule has 0 heterocycles. The van der Waals surface area contributed by atoms with Gasteiger partial charge in [0, 0.05) is 17.7 Å². The first-order valence-electron chi connectivity index (χ1n) is 5.89. The highest BCUT2D eigenvalue weighted by atomic mass is 19.1. The molecule has 0 fully saturated rings. The van der Waals surface area contributed by atoms with Crippen LogP contribution in [0.4, 0.5) is 15.8 Å². The minimum atomic E-state index is -0.427. The van der Waals surface area contributed by atoms with Gasteiger partial charge >= 0.3 is 0 Å². The van der Waals surface area contributed by atoms with Crippen molar-refractivity contribution < 1.29 is 9.13 Å². The number of ether oxygens (including phenoxy) is 1. The Kier molecular flexibility index (Phi) is 4.21. The number of nitrogen functional groups attached to an aromatic ring is 1. The molecule has 0 unspecified atom stereocenters. The Morgan fingerprint density at radius 2 is 2.00 bits per heavy atom. The molecule has 0 aromatic heterocycles. The van der Waals surface area contributed by atoms with E-state index in [4.69, 9.17) is 10.5 Å². The maximum absolute atomic E-state index is 13.5. The summed E-state index contributed by atoms with van der Waals surface area (Å²) in [5, 5.41) is 3.29. The zero-order valence-corrected chi connectivity index (χ0v) is 10.9. The molecule has 0 spiro atoms. The molecule has 0 radical (unpaired) electrons. The Morgan fingerprint density at radius 1 is 1.35 bits per heavy atom. The van der Waals surface area contributed by atoms with Crippen LogP contribution in [-0.2, 0) is 0 Å². The molecule has 0 bridgehead atoms. The lowest BCUT2D eigenvalue weighted by Gasteiger charge is -2.27. The van der Waals surface area contributed by atoms with Crippen LogP contribution in [0.15, 0.2) is 12.1 Å². The van der Waals surface area contributed by atoms with Gasteiger partial charge in [0.1, 0.15) is 0 Å². The van der Waals surface area contributed by atoms with Crippen LogP contribution in [0.1, 0.15) is 34.1 Å². The molecule has 0 aliphatic carbocycles. The predicted octanol–water partition coefficient (Wildman–Crippen LogP) is 3.41. The molecular weight excluding hydrogens is 219 g/mol. The van der Waals surface area contributed by atoms with Crippen LogP contribution in [0.5, 0.6) is 5.75 Å². The predicted molar refractivity (Wildman–Crippen MR) is 70.0 cm³/mol.